The molecule has 108 valence electrons. The van der Waals surface area contributed by atoms with E-state index in [1.807, 2.05) is 0 Å². The molecule has 5 nitrogen and oxygen atoms in total. The van der Waals surface area contributed by atoms with Crippen LogP contribution in [0, 0.1) is 10.1 Å². The Labute approximate surface area is 111 Å². The third-order valence-electron chi connectivity index (χ3n) is 2.36. The number of rotatable bonds is 4. The molecule has 0 aliphatic carbocycles. The molecule has 1 rings (SSSR count). The fourth-order valence-corrected chi connectivity index (χ4v) is 1.43. The molecule has 0 saturated carbocycles. The molecule has 8 heteroatoms. The Morgan fingerprint density at radius 1 is 1.45 bits per heavy atom. The summed E-state index contributed by atoms with van der Waals surface area (Å²) in [6.07, 6.45) is -2.70. The van der Waals surface area contributed by atoms with E-state index in [2.05, 4.69) is 4.74 Å². The number of hydrogen-bond acceptors (Lipinski definition) is 4. The normalized spacial score (nSPS) is 11.6. The van der Waals surface area contributed by atoms with Gasteiger partial charge < -0.3 is 4.74 Å². The molecular formula is C12H10F3NO4. The van der Waals surface area contributed by atoms with E-state index in [9.17, 15) is 28.1 Å². The van der Waals surface area contributed by atoms with Crippen molar-refractivity contribution < 1.29 is 27.6 Å². The van der Waals surface area contributed by atoms with Crippen LogP contribution in [0.4, 0.5) is 18.9 Å². The van der Waals surface area contributed by atoms with E-state index in [4.69, 9.17) is 0 Å². The maximum Gasteiger partial charge on any atom is 0.416 e. The monoisotopic (exact) mass is 289 g/mol. The van der Waals surface area contributed by atoms with Crippen molar-refractivity contribution in [2.45, 2.75) is 12.6 Å². The summed E-state index contributed by atoms with van der Waals surface area (Å²) in [5.41, 5.74) is -1.85. The largest absolute Gasteiger partial charge is 0.469 e. The van der Waals surface area contributed by atoms with E-state index in [0.29, 0.717) is 6.07 Å². The number of esters is 1. The molecular weight excluding hydrogens is 279 g/mol. The second-order valence-corrected chi connectivity index (χ2v) is 3.71. The van der Waals surface area contributed by atoms with Crippen molar-refractivity contribution in [3.8, 4) is 0 Å². The molecule has 0 saturated heterocycles. The highest BCUT2D eigenvalue weighted by atomic mass is 19.4. The third kappa shape index (κ3) is 4.08. The topological polar surface area (TPSA) is 69.4 Å². The second kappa shape index (κ2) is 6.18. The number of hydrogen-bond donors (Lipinski definition) is 0. The number of methoxy groups -OCH3 is 1. The van der Waals surface area contributed by atoms with Crippen molar-refractivity contribution in [3.05, 3.63) is 45.5 Å². The van der Waals surface area contributed by atoms with Crippen LogP contribution >= 0.6 is 0 Å². The van der Waals surface area contributed by atoms with Gasteiger partial charge in [-0.1, -0.05) is 12.2 Å². The van der Waals surface area contributed by atoms with Crippen molar-refractivity contribution in [2.24, 2.45) is 0 Å². The van der Waals surface area contributed by atoms with Crippen LogP contribution < -0.4 is 0 Å². The number of nitrogens with zero attached hydrogens (tertiary/aromatic N) is 1. The molecule has 0 radical (unpaired) electrons. The summed E-state index contributed by atoms with van der Waals surface area (Å²) in [6, 6.07) is 2.22. The third-order valence-corrected chi connectivity index (χ3v) is 2.36. The summed E-state index contributed by atoms with van der Waals surface area (Å²) in [4.78, 5) is 20.6. The second-order valence-electron chi connectivity index (χ2n) is 3.71. The minimum absolute atomic E-state index is 0.226. The van der Waals surface area contributed by atoms with Gasteiger partial charge >= 0.3 is 12.1 Å². The van der Waals surface area contributed by atoms with Crippen molar-refractivity contribution in [1.29, 1.82) is 0 Å². The highest BCUT2D eigenvalue weighted by Gasteiger charge is 2.33. The molecule has 0 unspecified atom stereocenters. The van der Waals surface area contributed by atoms with Crippen LogP contribution in [0.5, 0.6) is 0 Å². The predicted octanol–water partition coefficient (Wildman–Crippen LogP) is 3.19. The zero-order valence-corrected chi connectivity index (χ0v) is 10.3. The van der Waals surface area contributed by atoms with E-state index in [1.165, 1.54) is 0 Å². The molecule has 20 heavy (non-hydrogen) atoms. The van der Waals surface area contributed by atoms with Gasteiger partial charge in [0.25, 0.3) is 5.69 Å². The first-order valence-corrected chi connectivity index (χ1v) is 5.34. The molecule has 0 aliphatic rings. The van der Waals surface area contributed by atoms with E-state index >= 15 is 0 Å². The Bertz CT molecular complexity index is 552. The van der Waals surface area contributed by atoms with Gasteiger partial charge in [0, 0.05) is 12.1 Å². The van der Waals surface area contributed by atoms with Crippen LogP contribution in [0.25, 0.3) is 6.08 Å². The molecule has 0 N–H and O–H groups in total. The van der Waals surface area contributed by atoms with Gasteiger partial charge in [0.15, 0.2) is 0 Å². The maximum atomic E-state index is 12.7. The van der Waals surface area contributed by atoms with E-state index in [0.717, 1.165) is 31.4 Å². The summed E-state index contributed by atoms with van der Waals surface area (Å²) < 4.78 is 42.5. The number of benzene rings is 1. The zero-order chi connectivity index (χ0) is 15.3. The van der Waals surface area contributed by atoms with Crippen molar-refractivity contribution in [2.75, 3.05) is 7.11 Å². The fourth-order valence-electron chi connectivity index (χ4n) is 1.43. The summed E-state index contributed by atoms with van der Waals surface area (Å²) in [6.45, 7) is 0. The Hall–Kier alpha value is -2.38. The van der Waals surface area contributed by atoms with Gasteiger partial charge in [-0.25, -0.2) is 0 Å². The standard InChI is InChI=1S/C12H10F3NO4/c1-20-11(17)4-2-3-8-7-9(16(18)19)5-6-10(8)12(13,14)15/h2-3,5-7H,4H2,1H3. The minimum atomic E-state index is -4.64. The summed E-state index contributed by atoms with van der Waals surface area (Å²) >= 11 is 0. The average Bonchev–Trinajstić information content (AvgIpc) is 2.37. The Kier molecular flexibility index (Phi) is 4.84. The highest BCUT2D eigenvalue weighted by molar-refractivity contribution is 5.73. The number of non-ortho nitro benzene ring substituents is 1. The fraction of sp³-hybridized carbons (Fsp3) is 0.250. The molecule has 1 aromatic carbocycles. The van der Waals surface area contributed by atoms with Crippen LogP contribution in [0.1, 0.15) is 17.5 Å². The highest BCUT2D eigenvalue weighted by Crippen LogP contribution is 2.34. The molecule has 0 fully saturated rings. The molecule has 0 atom stereocenters. The number of nitro groups is 1. The SMILES string of the molecule is COC(=O)CC=Cc1cc([N+](=O)[O-])ccc1C(F)(F)F. The van der Waals surface area contributed by atoms with Crippen molar-refractivity contribution in [3.63, 3.8) is 0 Å². The lowest BCUT2D eigenvalue weighted by Crippen LogP contribution is -2.07. The number of ether oxygens (including phenoxy) is 1. The number of halogens is 3. The molecule has 0 aromatic heterocycles. The average molecular weight is 289 g/mol. The predicted molar refractivity (Wildman–Crippen MR) is 63.8 cm³/mol. The Balaban J connectivity index is 3.15. The molecule has 0 spiro atoms. The van der Waals surface area contributed by atoms with Crippen molar-refractivity contribution >= 4 is 17.7 Å². The van der Waals surface area contributed by atoms with Gasteiger partial charge in [0.05, 0.1) is 24.0 Å². The van der Waals surface area contributed by atoms with E-state index < -0.39 is 28.3 Å². The number of alkyl halides is 3. The number of carbonyl (C=O) groups excluding carboxylic acids is 1. The zero-order valence-electron chi connectivity index (χ0n) is 10.3. The van der Waals surface area contributed by atoms with Crippen LogP contribution in [-0.2, 0) is 15.7 Å². The number of nitro benzene ring substituents is 1. The van der Waals surface area contributed by atoms with Crippen LogP contribution in [0.3, 0.4) is 0 Å². The summed E-state index contributed by atoms with van der Waals surface area (Å²) in [5, 5.41) is 10.6. The molecule has 1 aromatic rings. The lowest BCUT2D eigenvalue weighted by atomic mass is 10.1. The molecule has 0 aliphatic heterocycles. The smallest absolute Gasteiger partial charge is 0.416 e. The Morgan fingerprint density at radius 2 is 2.10 bits per heavy atom. The lowest BCUT2D eigenvalue weighted by Gasteiger charge is -2.09. The lowest BCUT2D eigenvalue weighted by molar-refractivity contribution is -0.384. The first kappa shape index (κ1) is 15.7. The van der Waals surface area contributed by atoms with Gasteiger partial charge in [-0.15, -0.1) is 0 Å². The molecule has 0 bridgehead atoms. The van der Waals surface area contributed by atoms with Crippen LogP contribution in [0.2, 0.25) is 0 Å². The number of carbonyl (C=O) groups is 1. The van der Waals surface area contributed by atoms with Gasteiger partial charge in [0.2, 0.25) is 0 Å². The summed E-state index contributed by atoms with van der Waals surface area (Å²) in [5.74, 6) is -0.625. The van der Waals surface area contributed by atoms with Crippen LogP contribution in [-0.4, -0.2) is 18.0 Å². The maximum absolute atomic E-state index is 12.7. The minimum Gasteiger partial charge on any atom is -0.469 e. The summed E-state index contributed by atoms with van der Waals surface area (Å²) in [7, 11) is 1.14. The van der Waals surface area contributed by atoms with Crippen molar-refractivity contribution in [1.82, 2.24) is 0 Å². The van der Waals surface area contributed by atoms with Gasteiger partial charge in [-0.05, 0) is 11.6 Å². The van der Waals surface area contributed by atoms with Crippen LogP contribution in [0.15, 0.2) is 24.3 Å². The molecule has 0 amide bonds. The Morgan fingerprint density at radius 3 is 2.60 bits per heavy atom. The van der Waals surface area contributed by atoms with Gasteiger partial charge in [0.1, 0.15) is 0 Å². The van der Waals surface area contributed by atoms with Gasteiger partial charge in [-0.3, -0.25) is 14.9 Å². The van der Waals surface area contributed by atoms with E-state index in [-0.39, 0.29) is 12.0 Å². The van der Waals surface area contributed by atoms with Gasteiger partial charge in [-0.2, -0.15) is 13.2 Å². The first-order chi connectivity index (χ1) is 9.25. The first-order valence-electron chi connectivity index (χ1n) is 5.34. The molecule has 0 heterocycles. The quantitative estimate of drug-likeness (QED) is 0.485. The van der Waals surface area contributed by atoms with E-state index in [1.54, 1.807) is 0 Å².